The zero-order chi connectivity index (χ0) is 14.9. The summed E-state index contributed by atoms with van der Waals surface area (Å²) < 4.78 is 18.1. The van der Waals surface area contributed by atoms with Gasteiger partial charge < -0.3 is 19.1 Å². The zero-order valence-electron chi connectivity index (χ0n) is 12.1. The Bertz CT molecular complexity index is 733. The summed E-state index contributed by atoms with van der Waals surface area (Å²) in [6.07, 6.45) is 1.07. The molecule has 0 aromatic carbocycles. The third kappa shape index (κ3) is 2.27. The van der Waals surface area contributed by atoms with Crippen molar-refractivity contribution in [2.75, 3.05) is 44.4 Å². The number of pyridine rings is 1. The Kier molecular flexibility index (Phi) is 3.53. The van der Waals surface area contributed by atoms with Crippen LogP contribution in [0.25, 0.3) is 5.65 Å². The number of ether oxygens (including phenoxy) is 3. The van der Waals surface area contributed by atoms with Crippen molar-refractivity contribution < 1.29 is 14.2 Å². The third-order valence-electron chi connectivity index (χ3n) is 3.92. The molecule has 0 N–H and O–H groups in total. The lowest BCUT2D eigenvalue weighted by Gasteiger charge is -2.30. The molecule has 4 heterocycles. The van der Waals surface area contributed by atoms with Gasteiger partial charge >= 0.3 is 0 Å². The zero-order valence-corrected chi connectivity index (χ0v) is 12.1. The standard InChI is InChI=1S/C15H17N3O4/c19-14-12(15-21-9-10-22-15)13(17-5-7-20-8-6-17)16-11-3-1-2-4-18(11)14/h1-4,15H,5-10H2. The van der Waals surface area contributed by atoms with E-state index in [9.17, 15) is 4.79 Å². The van der Waals surface area contributed by atoms with Gasteiger partial charge in [0.15, 0.2) is 6.29 Å². The molecule has 0 spiro atoms. The molecule has 2 aliphatic rings. The predicted molar refractivity (Wildman–Crippen MR) is 79.1 cm³/mol. The van der Waals surface area contributed by atoms with Crippen molar-refractivity contribution in [2.45, 2.75) is 6.29 Å². The summed E-state index contributed by atoms with van der Waals surface area (Å²) in [5.74, 6) is 0.645. The number of hydrogen-bond acceptors (Lipinski definition) is 6. The molecule has 2 aromatic rings. The lowest BCUT2D eigenvalue weighted by atomic mass is 10.2. The minimum absolute atomic E-state index is 0.140. The van der Waals surface area contributed by atoms with Crippen LogP contribution >= 0.6 is 0 Å². The van der Waals surface area contributed by atoms with E-state index in [1.165, 1.54) is 4.40 Å². The third-order valence-corrected chi connectivity index (χ3v) is 3.92. The van der Waals surface area contributed by atoms with Gasteiger partial charge in [-0.05, 0) is 12.1 Å². The minimum atomic E-state index is -0.644. The first-order valence-corrected chi connectivity index (χ1v) is 7.42. The highest BCUT2D eigenvalue weighted by molar-refractivity contribution is 5.54. The van der Waals surface area contributed by atoms with Gasteiger partial charge in [-0.15, -0.1) is 0 Å². The molecule has 0 radical (unpaired) electrons. The van der Waals surface area contributed by atoms with E-state index in [0.717, 1.165) is 0 Å². The Hall–Kier alpha value is -1.96. The van der Waals surface area contributed by atoms with E-state index < -0.39 is 6.29 Å². The molecular weight excluding hydrogens is 286 g/mol. The molecule has 2 fully saturated rings. The van der Waals surface area contributed by atoms with E-state index in [-0.39, 0.29) is 5.56 Å². The number of morpholine rings is 1. The van der Waals surface area contributed by atoms with Gasteiger partial charge in [-0.25, -0.2) is 4.98 Å². The molecule has 4 rings (SSSR count). The summed E-state index contributed by atoms with van der Waals surface area (Å²) in [7, 11) is 0. The van der Waals surface area contributed by atoms with Crippen LogP contribution in [-0.2, 0) is 14.2 Å². The Balaban J connectivity index is 1.91. The summed E-state index contributed by atoms with van der Waals surface area (Å²) >= 11 is 0. The van der Waals surface area contributed by atoms with Crippen molar-refractivity contribution in [1.82, 2.24) is 9.38 Å². The molecule has 7 nitrogen and oxygen atoms in total. The van der Waals surface area contributed by atoms with Crippen molar-refractivity contribution in [3.8, 4) is 0 Å². The lowest BCUT2D eigenvalue weighted by molar-refractivity contribution is -0.0451. The van der Waals surface area contributed by atoms with Gasteiger partial charge in [-0.2, -0.15) is 0 Å². The van der Waals surface area contributed by atoms with E-state index in [2.05, 4.69) is 9.88 Å². The van der Waals surface area contributed by atoms with Gasteiger partial charge in [0, 0.05) is 19.3 Å². The summed E-state index contributed by atoms with van der Waals surface area (Å²) in [6, 6.07) is 5.50. The monoisotopic (exact) mass is 303 g/mol. The van der Waals surface area contributed by atoms with Crippen LogP contribution in [0.5, 0.6) is 0 Å². The summed E-state index contributed by atoms with van der Waals surface area (Å²) in [5, 5.41) is 0. The first-order chi connectivity index (χ1) is 10.8. The maximum atomic E-state index is 12.9. The van der Waals surface area contributed by atoms with Crippen LogP contribution in [0.2, 0.25) is 0 Å². The molecular formula is C15H17N3O4. The number of fused-ring (bicyclic) bond motifs is 1. The highest BCUT2D eigenvalue weighted by atomic mass is 16.7. The molecule has 2 aromatic heterocycles. The predicted octanol–water partition coefficient (Wildman–Crippen LogP) is 0.576. The minimum Gasteiger partial charge on any atom is -0.378 e. The maximum Gasteiger partial charge on any atom is 0.268 e. The van der Waals surface area contributed by atoms with E-state index in [1.807, 2.05) is 18.2 Å². The molecule has 22 heavy (non-hydrogen) atoms. The van der Waals surface area contributed by atoms with E-state index >= 15 is 0 Å². The molecule has 0 aliphatic carbocycles. The van der Waals surface area contributed by atoms with Crippen LogP contribution in [0.3, 0.4) is 0 Å². The fraction of sp³-hybridized carbons (Fsp3) is 0.467. The summed E-state index contributed by atoms with van der Waals surface area (Å²) in [6.45, 7) is 3.64. The normalized spacial score (nSPS) is 19.9. The molecule has 0 bridgehead atoms. The van der Waals surface area contributed by atoms with Crippen molar-refractivity contribution in [1.29, 1.82) is 0 Å². The van der Waals surface area contributed by atoms with Crippen LogP contribution in [0.4, 0.5) is 5.82 Å². The molecule has 7 heteroatoms. The molecule has 0 atom stereocenters. The van der Waals surface area contributed by atoms with Crippen molar-refractivity contribution in [2.24, 2.45) is 0 Å². The smallest absolute Gasteiger partial charge is 0.268 e. The van der Waals surface area contributed by atoms with Crippen LogP contribution in [0.1, 0.15) is 11.9 Å². The second-order valence-electron chi connectivity index (χ2n) is 5.26. The second kappa shape index (κ2) is 5.68. The Labute approximate surface area is 127 Å². The summed E-state index contributed by atoms with van der Waals surface area (Å²) in [5.41, 5.74) is 0.956. The Morgan fingerprint density at radius 1 is 1.09 bits per heavy atom. The van der Waals surface area contributed by atoms with E-state index in [4.69, 9.17) is 14.2 Å². The molecule has 116 valence electrons. The molecule has 2 aliphatic heterocycles. The van der Waals surface area contributed by atoms with Gasteiger partial charge in [0.1, 0.15) is 17.0 Å². The number of rotatable bonds is 2. The SMILES string of the molecule is O=c1c(C2OCCO2)c(N2CCOCC2)nc2ccccn12. The molecule has 0 unspecified atom stereocenters. The summed E-state index contributed by atoms with van der Waals surface area (Å²) in [4.78, 5) is 19.6. The van der Waals surface area contributed by atoms with Crippen LogP contribution in [0, 0.1) is 0 Å². The maximum absolute atomic E-state index is 12.9. The van der Waals surface area contributed by atoms with Gasteiger partial charge in [-0.1, -0.05) is 6.07 Å². The van der Waals surface area contributed by atoms with Crippen LogP contribution in [-0.4, -0.2) is 48.9 Å². The fourth-order valence-corrected chi connectivity index (χ4v) is 2.84. The number of nitrogens with zero attached hydrogens (tertiary/aromatic N) is 3. The molecule has 2 saturated heterocycles. The first-order valence-electron chi connectivity index (χ1n) is 7.42. The largest absolute Gasteiger partial charge is 0.378 e. The first kappa shape index (κ1) is 13.7. The van der Waals surface area contributed by atoms with Gasteiger partial charge in [-0.3, -0.25) is 9.20 Å². The van der Waals surface area contributed by atoms with Crippen LogP contribution < -0.4 is 10.5 Å². The Morgan fingerprint density at radius 2 is 1.86 bits per heavy atom. The molecule has 0 saturated carbocycles. The van der Waals surface area contributed by atoms with Crippen molar-refractivity contribution in [3.05, 3.63) is 40.3 Å². The van der Waals surface area contributed by atoms with Crippen molar-refractivity contribution in [3.63, 3.8) is 0 Å². The second-order valence-corrected chi connectivity index (χ2v) is 5.26. The van der Waals surface area contributed by atoms with Gasteiger partial charge in [0.25, 0.3) is 5.56 Å². The van der Waals surface area contributed by atoms with E-state index in [1.54, 1.807) is 6.20 Å². The number of hydrogen-bond donors (Lipinski definition) is 0. The fourth-order valence-electron chi connectivity index (χ4n) is 2.84. The highest BCUT2D eigenvalue weighted by Gasteiger charge is 2.30. The Morgan fingerprint density at radius 3 is 2.64 bits per heavy atom. The quantitative estimate of drug-likeness (QED) is 0.808. The average Bonchev–Trinajstić information content (AvgIpc) is 3.10. The topological polar surface area (TPSA) is 65.3 Å². The number of aromatic nitrogens is 2. The number of anilines is 1. The molecule has 0 amide bonds. The average molecular weight is 303 g/mol. The highest BCUT2D eigenvalue weighted by Crippen LogP contribution is 2.28. The van der Waals surface area contributed by atoms with Crippen molar-refractivity contribution >= 4 is 11.5 Å². The van der Waals surface area contributed by atoms with Crippen LogP contribution in [0.15, 0.2) is 29.2 Å². The van der Waals surface area contributed by atoms with Gasteiger partial charge in [0.05, 0.1) is 26.4 Å². The van der Waals surface area contributed by atoms with Gasteiger partial charge in [0.2, 0.25) is 0 Å². The lowest BCUT2D eigenvalue weighted by Crippen LogP contribution is -2.39. The van der Waals surface area contributed by atoms with E-state index in [0.29, 0.717) is 56.5 Å².